The average Bonchev–Trinajstić information content (AvgIpc) is 2.63. The second-order valence-electron chi connectivity index (χ2n) is 7.19. The van der Waals surface area contributed by atoms with Gasteiger partial charge in [0, 0.05) is 18.0 Å². The minimum absolute atomic E-state index is 0. The van der Waals surface area contributed by atoms with Gasteiger partial charge >= 0.3 is 13.1 Å². The molecule has 0 saturated carbocycles. The van der Waals surface area contributed by atoms with E-state index in [9.17, 15) is 24.5 Å². The Hall–Kier alpha value is -2.98. The maximum Gasteiger partial charge on any atom is 0.522 e. The summed E-state index contributed by atoms with van der Waals surface area (Å²) in [5, 5.41) is 19.3. The minimum Gasteiger partial charge on any atom is -0.535 e. The fourth-order valence-electron chi connectivity index (χ4n) is 3.48. The van der Waals surface area contributed by atoms with Crippen LogP contribution in [0.15, 0.2) is 29.2 Å². The first-order valence-electron chi connectivity index (χ1n) is 9.22. The number of hydrogen-bond donors (Lipinski definition) is 3. The van der Waals surface area contributed by atoms with Gasteiger partial charge in [0.2, 0.25) is 0 Å². The zero-order valence-electron chi connectivity index (χ0n) is 16.1. The molecule has 0 atom stereocenters. The lowest BCUT2D eigenvalue weighted by Crippen LogP contribution is -2.56. The number of aromatic carboxylic acids is 1. The minimum atomic E-state index is -1.22. The molecule has 0 radical (unpaired) electrons. The van der Waals surface area contributed by atoms with Crippen LogP contribution in [-0.4, -0.2) is 58.2 Å². The number of aromatic nitrogens is 1. The van der Waals surface area contributed by atoms with Crippen molar-refractivity contribution in [2.45, 2.75) is 25.8 Å². The summed E-state index contributed by atoms with van der Waals surface area (Å²) >= 11 is 0. The summed E-state index contributed by atoms with van der Waals surface area (Å²) in [6.07, 6.45) is 1.88. The molecular weight excluding hydrogens is 414 g/mol. The number of pyridine rings is 1. The molecule has 1 amide bonds. The molecule has 30 heavy (non-hydrogen) atoms. The molecule has 2 aliphatic heterocycles. The molecule has 11 heteroatoms. The number of halogens is 1. The molecule has 1 fully saturated rings. The van der Waals surface area contributed by atoms with Gasteiger partial charge in [0.05, 0.1) is 13.1 Å². The Morgan fingerprint density at radius 2 is 2.07 bits per heavy atom. The largest absolute Gasteiger partial charge is 0.535 e. The second-order valence-corrected chi connectivity index (χ2v) is 7.19. The number of carbonyl (C=O) groups is 2. The van der Waals surface area contributed by atoms with Gasteiger partial charge in [-0.2, -0.15) is 0 Å². The van der Waals surface area contributed by atoms with Crippen LogP contribution in [-0.2, 0) is 6.42 Å². The number of aryl methyl sites for hydroxylation is 2. The van der Waals surface area contributed by atoms with Crippen LogP contribution in [0, 0.1) is 6.92 Å². The van der Waals surface area contributed by atoms with Gasteiger partial charge in [-0.15, -0.1) is 12.4 Å². The number of benzene rings is 1. The summed E-state index contributed by atoms with van der Waals surface area (Å²) in [5.41, 5.74) is 0.924. The number of rotatable bonds is 4. The first-order valence-corrected chi connectivity index (χ1v) is 9.22. The molecule has 9 nitrogen and oxygen atoms in total. The number of carboxylic acids is 1. The fourth-order valence-corrected chi connectivity index (χ4v) is 3.48. The van der Waals surface area contributed by atoms with Crippen LogP contribution >= 0.6 is 12.4 Å². The smallest absolute Gasteiger partial charge is 0.522 e. The first kappa shape index (κ1) is 21.7. The average molecular weight is 435 g/mol. The Morgan fingerprint density at radius 1 is 1.33 bits per heavy atom. The van der Waals surface area contributed by atoms with Crippen LogP contribution in [0.25, 0.3) is 0 Å². The Kier molecular flexibility index (Phi) is 6.09. The highest BCUT2D eigenvalue weighted by molar-refractivity contribution is 6.44. The van der Waals surface area contributed by atoms with Gasteiger partial charge in [0.25, 0.3) is 5.91 Å². The van der Waals surface area contributed by atoms with Crippen molar-refractivity contribution >= 4 is 31.4 Å². The molecule has 3 N–H and O–H groups in total. The Labute approximate surface area is 178 Å². The van der Waals surface area contributed by atoms with Crippen molar-refractivity contribution in [1.82, 2.24) is 9.88 Å². The third-order valence-electron chi connectivity index (χ3n) is 5.05. The van der Waals surface area contributed by atoms with Crippen molar-refractivity contribution in [3.63, 3.8) is 0 Å². The number of aromatic amines is 1. The van der Waals surface area contributed by atoms with E-state index in [1.807, 2.05) is 0 Å². The highest BCUT2D eigenvalue weighted by Crippen LogP contribution is 2.37. The van der Waals surface area contributed by atoms with Crippen molar-refractivity contribution in [3.8, 4) is 11.5 Å². The van der Waals surface area contributed by atoms with Gasteiger partial charge in [-0.3, -0.25) is 9.59 Å². The molecule has 2 aliphatic rings. The highest BCUT2D eigenvalue weighted by atomic mass is 35.5. The number of ether oxygens (including phenoxy) is 1. The fraction of sp³-hybridized carbons (Fsp3) is 0.316. The normalized spacial score (nSPS) is 15.4. The van der Waals surface area contributed by atoms with Crippen LogP contribution in [0.1, 0.15) is 32.0 Å². The molecule has 1 aromatic carbocycles. The zero-order valence-corrected chi connectivity index (χ0v) is 16.9. The summed E-state index contributed by atoms with van der Waals surface area (Å²) in [4.78, 5) is 40.5. The molecular formula is C19H20BClN2O7. The molecule has 1 aromatic heterocycles. The number of nitrogens with one attached hydrogen (secondary N) is 1. The lowest BCUT2D eigenvalue weighted by molar-refractivity contribution is 0.0168. The number of fused-ring (bicyclic) bond motifs is 1. The zero-order chi connectivity index (χ0) is 20.7. The third kappa shape index (κ3) is 4.01. The van der Waals surface area contributed by atoms with Crippen LogP contribution in [0.4, 0.5) is 0 Å². The topological polar surface area (TPSA) is 129 Å². The van der Waals surface area contributed by atoms with E-state index in [1.54, 1.807) is 19.1 Å². The predicted molar refractivity (Wildman–Crippen MR) is 110 cm³/mol. The van der Waals surface area contributed by atoms with E-state index >= 15 is 0 Å². The van der Waals surface area contributed by atoms with E-state index < -0.39 is 25.1 Å². The van der Waals surface area contributed by atoms with Crippen molar-refractivity contribution in [2.75, 3.05) is 13.1 Å². The summed E-state index contributed by atoms with van der Waals surface area (Å²) in [6.45, 7) is 2.18. The van der Waals surface area contributed by atoms with Crippen LogP contribution < -0.4 is 14.8 Å². The van der Waals surface area contributed by atoms with Crippen LogP contribution in [0.5, 0.6) is 11.5 Å². The number of nitrogens with zero attached hydrogens (tertiary/aromatic N) is 1. The van der Waals surface area contributed by atoms with E-state index in [-0.39, 0.29) is 53.6 Å². The van der Waals surface area contributed by atoms with Crippen molar-refractivity contribution in [1.29, 1.82) is 0 Å². The van der Waals surface area contributed by atoms with E-state index in [0.717, 1.165) is 0 Å². The van der Waals surface area contributed by atoms with E-state index in [4.69, 9.17) is 9.39 Å². The van der Waals surface area contributed by atoms with Gasteiger partial charge in [-0.1, -0.05) is 6.07 Å². The monoisotopic (exact) mass is 434 g/mol. The Bertz CT molecular complexity index is 1050. The molecule has 0 spiro atoms. The maximum absolute atomic E-state index is 12.5. The number of carbonyl (C=O) groups excluding carboxylic acids is 1. The van der Waals surface area contributed by atoms with Gasteiger partial charge in [-0.25, -0.2) is 4.79 Å². The summed E-state index contributed by atoms with van der Waals surface area (Å²) in [7, 11) is -1.06. The Balaban J connectivity index is 0.00000256. The number of carboxylic acid groups (broad SMARTS) is 1. The van der Waals surface area contributed by atoms with Gasteiger partial charge in [0.1, 0.15) is 28.7 Å². The standard InChI is InChI=1S/C19H19BN2O7.ClH/c1-10-6-14(23)13(7-21-10)18(24)22-8-12(9-22)28-15-3-2-11-4-5-20(27)29-17(11)16(15)19(25)26;/h2-3,6-7,12,27H,4-5,8-9H2,1H3,(H,21,23)(H,25,26);1H. The number of hydrogen-bond acceptors (Lipinski definition) is 6. The molecule has 1 saturated heterocycles. The van der Waals surface area contributed by atoms with E-state index in [0.29, 0.717) is 24.0 Å². The van der Waals surface area contributed by atoms with Crippen LogP contribution in [0.3, 0.4) is 0 Å². The molecule has 0 unspecified atom stereocenters. The lowest BCUT2D eigenvalue weighted by Gasteiger charge is -2.39. The molecule has 0 bridgehead atoms. The lowest BCUT2D eigenvalue weighted by atomic mass is 9.78. The van der Waals surface area contributed by atoms with E-state index in [2.05, 4.69) is 4.98 Å². The SMILES string of the molecule is Cc1cc(=O)c(C(=O)N2CC(Oc3ccc4c(c3C(=O)O)OB(O)CC4)C2)c[nH]1.Cl. The van der Waals surface area contributed by atoms with Gasteiger partial charge in [0.15, 0.2) is 5.43 Å². The predicted octanol–water partition coefficient (Wildman–Crippen LogP) is 1.12. The second kappa shape index (κ2) is 8.41. The molecule has 4 rings (SSSR count). The molecule has 2 aromatic rings. The quantitative estimate of drug-likeness (QED) is 0.615. The molecule has 0 aliphatic carbocycles. The number of amides is 1. The van der Waals surface area contributed by atoms with Gasteiger partial charge in [-0.05, 0) is 31.3 Å². The molecule has 158 valence electrons. The summed E-state index contributed by atoms with van der Waals surface area (Å²) < 4.78 is 11.1. The van der Waals surface area contributed by atoms with Crippen LogP contribution in [0.2, 0.25) is 6.32 Å². The van der Waals surface area contributed by atoms with Crippen molar-refractivity contribution < 1.29 is 29.1 Å². The third-order valence-corrected chi connectivity index (χ3v) is 5.05. The maximum atomic E-state index is 12.5. The van der Waals surface area contributed by atoms with Gasteiger partial charge < -0.3 is 29.4 Å². The number of H-pyrrole nitrogens is 1. The van der Waals surface area contributed by atoms with Crippen molar-refractivity contribution in [3.05, 3.63) is 57.0 Å². The van der Waals surface area contributed by atoms with E-state index in [1.165, 1.54) is 17.2 Å². The Morgan fingerprint density at radius 3 is 2.73 bits per heavy atom. The summed E-state index contributed by atoms with van der Waals surface area (Å²) in [5.74, 6) is -1.38. The summed E-state index contributed by atoms with van der Waals surface area (Å²) in [6, 6.07) is 4.65. The van der Waals surface area contributed by atoms with Crippen molar-refractivity contribution in [2.24, 2.45) is 0 Å². The molecule has 3 heterocycles. The first-order chi connectivity index (χ1) is 13.8. The number of likely N-dealkylation sites (tertiary alicyclic amines) is 1. The highest BCUT2D eigenvalue weighted by Gasteiger charge is 2.36.